The Hall–Kier alpha value is -0.830. The van der Waals surface area contributed by atoms with Crippen LogP contribution in [0.5, 0.6) is 0 Å². The first-order valence-electron chi connectivity index (χ1n) is 3.69. The molecule has 0 saturated heterocycles. The van der Waals surface area contributed by atoms with Crippen LogP contribution in [-0.4, -0.2) is 16.8 Å². The quantitative estimate of drug-likeness (QED) is 0.366. The van der Waals surface area contributed by atoms with E-state index in [0.717, 1.165) is 17.3 Å². The second kappa shape index (κ2) is 4.93. The summed E-state index contributed by atoms with van der Waals surface area (Å²) in [5.41, 5.74) is 2.19. The number of benzene rings is 1. The number of hydrogen-bond donors (Lipinski definition) is 1. The molecule has 3 heteroatoms. The molecule has 1 N–H and O–H groups in total. The largest absolute Gasteiger partial charge is 0.411 e. The Labute approximate surface area is 80.0 Å². The maximum Gasteiger partial charge on any atom is 0.0733 e. The van der Waals surface area contributed by atoms with Crippen LogP contribution in [0.25, 0.3) is 0 Å². The predicted octanol–water partition coefficient (Wildman–Crippen LogP) is 2.43. The van der Waals surface area contributed by atoms with E-state index in [2.05, 4.69) is 21.1 Å². The van der Waals surface area contributed by atoms with Gasteiger partial charge in [0.15, 0.2) is 0 Å². The summed E-state index contributed by atoms with van der Waals surface area (Å²) in [4.78, 5) is 0. The second-order valence-electron chi connectivity index (χ2n) is 2.43. The average molecular weight is 228 g/mol. The van der Waals surface area contributed by atoms with Gasteiger partial charge in [-0.15, -0.1) is 0 Å². The van der Waals surface area contributed by atoms with Gasteiger partial charge in [-0.2, -0.15) is 0 Å². The molecule has 0 aliphatic rings. The highest BCUT2D eigenvalue weighted by atomic mass is 79.9. The lowest BCUT2D eigenvalue weighted by Crippen LogP contribution is -1.86. The number of nitrogens with zero attached hydrogens (tertiary/aromatic N) is 1. The van der Waals surface area contributed by atoms with Gasteiger partial charge in [0.2, 0.25) is 0 Å². The molecular weight excluding hydrogens is 218 g/mol. The van der Waals surface area contributed by atoms with Crippen LogP contribution in [0.3, 0.4) is 0 Å². The molecule has 1 aromatic carbocycles. The molecule has 0 spiro atoms. The zero-order valence-corrected chi connectivity index (χ0v) is 8.16. The molecule has 0 fully saturated rings. The van der Waals surface area contributed by atoms with Crippen LogP contribution in [0.2, 0.25) is 0 Å². The number of aryl methyl sites for hydroxylation is 1. The fraction of sp³-hybridized carbons (Fsp3) is 0.222. The van der Waals surface area contributed by atoms with Gasteiger partial charge in [0, 0.05) is 5.33 Å². The molecule has 64 valence electrons. The highest BCUT2D eigenvalue weighted by Gasteiger charge is 1.91. The fourth-order valence-corrected chi connectivity index (χ4v) is 1.40. The topological polar surface area (TPSA) is 32.6 Å². The van der Waals surface area contributed by atoms with E-state index < -0.39 is 0 Å². The van der Waals surface area contributed by atoms with Crippen molar-refractivity contribution in [3.8, 4) is 0 Å². The van der Waals surface area contributed by atoms with Crippen LogP contribution < -0.4 is 0 Å². The molecule has 0 aliphatic heterocycles. The maximum absolute atomic E-state index is 8.25. The Morgan fingerprint density at radius 1 is 1.33 bits per heavy atom. The van der Waals surface area contributed by atoms with E-state index in [1.807, 2.05) is 24.3 Å². The summed E-state index contributed by atoms with van der Waals surface area (Å²) in [6.45, 7) is 0. The molecule has 0 bridgehead atoms. The smallest absolute Gasteiger partial charge is 0.0733 e. The Morgan fingerprint density at radius 3 is 2.50 bits per heavy atom. The van der Waals surface area contributed by atoms with Gasteiger partial charge in [0.05, 0.1) is 6.21 Å². The van der Waals surface area contributed by atoms with Crippen LogP contribution in [0.15, 0.2) is 29.4 Å². The summed E-state index contributed by atoms with van der Waals surface area (Å²) in [7, 11) is 0. The van der Waals surface area contributed by atoms with Gasteiger partial charge in [-0.25, -0.2) is 0 Å². The Morgan fingerprint density at radius 2 is 2.00 bits per heavy atom. The Bertz CT molecular complexity index is 256. The van der Waals surface area contributed by atoms with Gasteiger partial charge >= 0.3 is 0 Å². The molecule has 0 unspecified atom stereocenters. The Balaban J connectivity index is 2.71. The summed E-state index contributed by atoms with van der Waals surface area (Å²) in [5.74, 6) is 0. The van der Waals surface area contributed by atoms with Gasteiger partial charge in [0.25, 0.3) is 0 Å². The van der Waals surface area contributed by atoms with Crippen LogP contribution >= 0.6 is 15.9 Å². The molecule has 12 heavy (non-hydrogen) atoms. The third-order valence-electron chi connectivity index (χ3n) is 1.57. The van der Waals surface area contributed by atoms with Crippen LogP contribution in [-0.2, 0) is 6.42 Å². The average Bonchev–Trinajstić information content (AvgIpc) is 2.09. The molecule has 0 atom stereocenters. The zero-order chi connectivity index (χ0) is 8.81. The molecule has 0 aliphatic carbocycles. The van der Waals surface area contributed by atoms with Crippen molar-refractivity contribution in [2.75, 3.05) is 5.33 Å². The third-order valence-corrected chi connectivity index (χ3v) is 1.97. The number of hydrogen-bond acceptors (Lipinski definition) is 2. The summed E-state index contributed by atoms with van der Waals surface area (Å²) in [6.07, 6.45) is 2.44. The van der Waals surface area contributed by atoms with E-state index in [-0.39, 0.29) is 0 Å². The van der Waals surface area contributed by atoms with E-state index in [1.165, 1.54) is 11.8 Å². The number of rotatable bonds is 3. The van der Waals surface area contributed by atoms with Crippen molar-refractivity contribution in [2.45, 2.75) is 6.42 Å². The Kier molecular flexibility index (Phi) is 3.80. The fourth-order valence-electron chi connectivity index (χ4n) is 0.946. The first kappa shape index (κ1) is 9.26. The number of halogens is 1. The maximum atomic E-state index is 8.25. The second-order valence-corrected chi connectivity index (χ2v) is 3.22. The van der Waals surface area contributed by atoms with Crippen molar-refractivity contribution in [3.05, 3.63) is 35.4 Å². The van der Waals surface area contributed by atoms with Gasteiger partial charge in [-0.3, -0.25) is 0 Å². The minimum atomic E-state index is 0.913. The molecule has 1 rings (SSSR count). The van der Waals surface area contributed by atoms with E-state index in [4.69, 9.17) is 5.21 Å². The van der Waals surface area contributed by atoms with E-state index in [9.17, 15) is 0 Å². The van der Waals surface area contributed by atoms with E-state index in [1.54, 1.807) is 0 Å². The SMILES string of the molecule is O/N=C\c1ccc(CCBr)cc1. The standard InChI is InChI=1S/C9H10BrNO/c10-6-5-8-1-3-9(4-2-8)7-11-12/h1-4,7,12H,5-6H2/b11-7-. The van der Waals surface area contributed by atoms with Crippen molar-refractivity contribution in [1.82, 2.24) is 0 Å². The van der Waals surface area contributed by atoms with Crippen molar-refractivity contribution in [3.63, 3.8) is 0 Å². The summed E-state index contributed by atoms with van der Waals surface area (Å²) < 4.78 is 0. The highest BCUT2D eigenvalue weighted by Crippen LogP contribution is 2.04. The lowest BCUT2D eigenvalue weighted by atomic mass is 10.1. The lowest BCUT2D eigenvalue weighted by molar-refractivity contribution is 0.322. The molecule has 0 amide bonds. The third kappa shape index (κ3) is 2.66. The predicted molar refractivity (Wildman–Crippen MR) is 53.3 cm³/mol. The molecule has 0 heterocycles. The van der Waals surface area contributed by atoms with Crippen molar-refractivity contribution < 1.29 is 5.21 Å². The molecule has 1 aromatic rings. The lowest BCUT2D eigenvalue weighted by Gasteiger charge is -1.97. The van der Waals surface area contributed by atoms with Crippen LogP contribution in [0.4, 0.5) is 0 Å². The summed E-state index contributed by atoms with van der Waals surface area (Å²) in [5, 5.41) is 12.2. The highest BCUT2D eigenvalue weighted by molar-refractivity contribution is 9.09. The molecular formula is C9H10BrNO. The monoisotopic (exact) mass is 227 g/mol. The van der Waals surface area contributed by atoms with Gasteiger partial charge in [0.1, 0.15) is 0 Å². The zero-order valence-electron chi connectivity index (χ0n) is 6.57. The van der Waals surface area contributed by atoms with Crippen molar-refractivity contribution in [1.29, 1.82) is 0 Å². The van der Waals surface area contributed by atoms with Crippen molar-refractivity contribution >= 4 is 22.1 Å². The number of oxime groups is 1. The molecule has 0 saturated carbocycles. The van der Waals surface area contributed by atoms with Crippen LogP contribution in [0.1, 0.15) is 11.1 Å². The first-order valence-corrected chi connectivity index (χ1v) is 4.81. The summed E-state index contributed by atoms with van der Waals surface area (Å²) in [6, 6.07) is 7.91. The van der Waals surface area contributed by atoms with Crippen molar-refractivity contribution in [2.24, 2.45) is 5.16 Å². The molecule has 2 nitrogen and oxygen atoms in total. The van der Waals surface area contributed by atoms with Gasteiger partial charge in [-0.1, -0.05) is 45.4 Å². The molecule has 0 radical (unpaired) electrons. The minimum absolute atomic E-state index is 0.913. The first-order chi connectivity index (χ1) is 5.86. The minimum Gasteiger partial charge on any atom is -0.411 e. The summed E-state index contributed by atoms with van der Waals surface area (Å²) >= 11 is 3.37. The van der Waals surface area contributed by atoms with Gasteiger partial charge < -0.3 is 5.21 Å². The normalized spacial score (nSPS) is 10.8. The molecule has 0 aromatic heterocycles. The van der Waals surface area contributed by atoms with E-state index in [0.29, 0.717) is 0 Å². The van der Waals surface area contributed by atoms with Crippen LogP contribution in [0, 0.1) is 0 Å². The number of alkyl halides is 1. The van der Waals surface area contributed by atoms with E-state index >= 15 is 0 Å². The van der Waals surface area contributed by atoms with Gasteiger partial charge in [-0.05, 0) is 17.5 Å².